The molecule has 0 saturated carbocycles. The van der Waals surface area contributed by atoms with Gasteiger partial charge in [0.1, 0.15) is 17.3 Å². The lowest BCUT2D eigenvalue weighted by molar-refractivity contribution is -0.114. The predicted molar refractivity (Wildman–Crippen MR) is 153 cm³/mol. The van der Waals surface area contributed by atoms with Crippen molar-refractivity contribution in [3.63, 3.8) is 0 Å². The normalized spacial score (nSPS) is 12.7. The van der Waals surface area contributed by atoms with Crippen LogP contribution in [0.25, 0.3) is 0 Å². The molecule has 40 heavy (non-hydrogen) atoms. The lowest BCUT2D eigenvalue weighted by Crippen LogP contribution is -2.38. The molecule has 3 aromatic rings. The molecule has 1 heterocycles. The number of rotatable bonds is 11. The van der Waals surface area contributed by atoms with Crippen LogP contribution in [0.4, 0.5) is 10.7 Å². The third-order valence-corrected chi connectivity index (χ3v) is 9.46. The highest BCUT2D eigenvalue weighted by atomic mass is 32.2. The number of benzene rings is 2. The minimum Gasteiger partial charge on any atom is -0.494 e. The number of thiophene rings is 1. The number of carbonyl (C=O) groups excluding carboxylic acids is 2. The second-order valence-electron chi connectivity index (χ2n) is 8.91. The predicted octanol–water partition coefficient (Wildman–Crippen LogP) is 4.66. The third kappa shape index (κ3) is 6.02. The summed E-state index contributed by atoms with van der Waals surface area (Å²) in [5.74, 6) is 0.0131. The molecular weight excluding hydrogens is 556 g/mol. The van der Waals surface area contributed by atoms with Gasteiger partial charge in [-0.3, -0.25) is 9.10 Å². The Morgan fingerprint density at radius 3 is 2.33 bits per heavy atom. The number of esters is 1. The average molecular weight is 589 g/mol. The number of anilines is 2. The lowest BCUT2D eigenvalue weighted by atomic mass is 9.95. The third-order valence-electron chi connectivity index (χ3n) is 6.48. The van der Waals surface area contributed by atoms with E-state index in [0.29, 0.717) is 28.7 Å². The number of nitrogens with zero attached hydrogens (tertiary/aromatic N) is 1. The van der Waals surface area contributed by atoms with Crippen LogP contribution in [0, 0.1) is 0 Å². The molecule has 0 saturated heterocycles. The number of ether oxygens (including phenoxy) is 4. The van der Waals surface area contributed by atoms with Crippen molar-refractivity contribution in [3.05, 3.63) is 58.5 Å². The summed E-state index contributed by atoms with van der Waals surface area (Å²) in [5.41, 5.74) is 1.48. The highest BCUT2D eigenvalue weighted by Crippen LogP contribution is 2.39. The van der Waals surface area contributed by atoms with Gasteiger partial charge in [-0.05, 0) is 74.6 Å². The van der Waals surface area contributed by atoms with Gasteiger partial charge in [0.25, 0.3) is 10.0 Å². The van der Waals surface area contributed by atoms with Crippen LogP contribution in [0.5, 0.6) is 17.2 Å². The zero-order chi connectivity index (χ0) is 28.9. The summed E-state index contributed by atoms with van der Waals surface area (Å²) in [6.07, 6.45) is 3.47. The van der Waals surface area contributed by atoms with Gasteiger partial charge in [0.15, 0.2) is 11.5 Å². The number of carbonyl (C=O) groups is 2. The summed E-state index contributed by atoms with van der Waals surface area (Å²) in [4.78, 5) is 27.0. The molecule has 0 spiro atoms. The maximum Gasteiger partial charge on any atom is 0.341 e. The topological polar surface area (TPSA) is 120 Å². The zero-order valence-electron chi connectivity index (χ0n) is 22.8. The molecule has 4 rings (SSSR count). The Balaban J connectivity index is 1.70. The van der Waals surface area contributed by atoms with E-state index in [4.69, 9.17) is 18.9 Å². The summed E-state index contributed by atoms with van der Waals surface area (Å²) >= 11 is 1.33. The molecule has 0 bridgehead atoms. The van der Waals surface area contributed by atoms with Gasteiger partial charge in [-0.25, -0.2) is 13.2 Å². The Bertz CT molecular complexity index is 1480. The number of fused-ring (bicyclic) bond motifs is 1. The van der Waals surface area contributed by atoms with Gasteiger partial charge in [0, 0.05) is 10.9 Å². The van der Waals surface area contributed by atoms with Gasteiger partial charge in [0.05, 0.1) is 44.1 Å². The van der Waals surface area contributed by atoms with E-state index in [-0.39, 0.29) is 16.3 Å². The minimum atomic E-state index is -4.25. The van der Waals surface area contributed by atoms with E-state index in [1.807, 2.05) is 6.92 Å². The van der Waals surface area contributed by atoms with Crippen molar-refractivity contribution in [3.8, 4) is 17.2 Å². The fourth-order valence-corrected chi connectivity index (χ4v) is 7.29. The molecule has 2 aromatic carbocycles. The van der Waals surface area contributed by atoms with Crippen LogP contribution < -0.4 is 23.8 Å². The highest BCUT2D eigenvalue weighted by molar-refractivity contribution is 7.92. The number of nitrogens with one attached hydrogen (secondary N) is 1. The van der Waals surface area contributed by atoms with Crippen molar-refractivity contribution in [2.75, 3.05) is 44.1 Å². The summed E-state index contributed by atoms with van der Waals surface area (Å²) in [6, 6.07) is 10.6. The summed E-state index contributed by atoms with van der Waals surface area (Å²) in [5, 5.41) is 3.14. The summed E-state index contributed by atoms with van der Waals surface area (Å²) in [7, 11) is -0.0937. The number of sulfonamides is 1. The monoisotopic (exact) mass is 588 g/mol. The van der Waals surface area contributed by atoms with E-state index in [2.05, 4.69) is 5.32 Å². The highest BCUT2D eigenvalue weighted by Gasteiger charge is 2.31. The quantitative estimate of drug-likeness (QED) is 0.321. The van der Waals surface area contributed by atoms with Crippen molar-refractivity contribution in [2.45, 2.75) is 37.5 Å². The van der Waals surface area contributed by atoms with E-state index in [9.17, 15) is 18.0 Å². The minimum absolute atomic E-state index is 0.0892. The first-order chi connectivity index (χ1) is 19.2. The standard InChI is InChI=1S/C28H32N2O8S2/c1-5-38-19-12-10-18(11-13-19)30(40(33,34)20-14-15-22(35-2)23(16-20)36-3)17-25(31)29-27-26(28(32)37-4)21-8-6-7-9-24(21)39-27/h10-16H,5-9,17H2,1-4H3,(H,29,31). The van der Waals surface area contributed by atoms with Gasteiger partial charge < -0.3 is 24.3 Å². The molecular formula is C28H32N2O8S2. The number of methoxy groups -OCH3 is 3. The van der Waals surface area contributed by atoms with Crippen LogP contribution in [0.15, 0.2) is 47.4 Å². The van der Waals surface area contributed by atoms with Crippen LogP contribution >= 0.6 is 11.3 Å². The molecule has 12 heteroatoms. The number of amides is 1. The summed E-state index contributed by atoms with van der Waals surface area (Å²) < 4.78 is 49.9. The molecule has 1 aliphatic carbocycles. The van der Waals surface area contributed by atoms with Crippen LogP contribution in [-0.2, 0) is 32.4 Å². The van der Waals surface area contributed by atoms with Crippen molar-refractivity contribution in [1.29, 1.82) is 0 Å². The van der Waals surface area contributed by atoms with Crippen LogP contribution in [0.3, 0.4) is 0 Å². The van der Waals surface area contributed by atoms with Crippen molar-refractivity contribution < 1.29 is 37.0 Å². The Labute approximate surface area is 237 Å². The molecule has 0 aliphatic heterocycles. The van der Waals surface area contributed by atoms with E-state index in [1.54, 1.807) is 24.3 Å². The lowest BCUT2D eigenvalue weighted by Gasteiger charge is -2.24. The number of hydrogen-bond acceptors (Lipinski definition) is 9. The first-order valence-corrected chi connectivity index (χ1v) is 15.0. The van der Waals surface area contributed by atoms with Gasteiger partial charge in [-0.15, -0.1) is 11.3 Å². The van der Waals surface area contributed by atoms with Gasteiger partial charge in [-0.2, -0.15) is 0 Å². The average Bonchev–Trinajstić information content (AvgIpc) is 3.33. The second-order valence-corrected chi connectivity index (χ2v) is 11.9. The van der Waals surface area contributed by atoms with Crippen molar-refractivity contribution >= 4 is 43.9 Å². The molecule has 1 aromatic heterocycles. The maximum atomic E-state index is 13.9. The maximum absolute atomic E-state index is 13.9. The van der Waals surface area contributed by atoms with Gasteiger partial charge in [0.2, 0.25) is 5.91 Å². The SMILES string of the molecule is CCOc1ccc(N(CC(=O)Nc2sc3c(c2C(=O)OC)CCCC3)S(=O)(=O)c2ccc(OC)c(OC)c2)cc1. The van der Waals surface area contributed by atoms with Crippen molar-refractivity contribution in [1.82, 2.24) is 0 Å². The zero-order valence-corrected chi connectivity index (χ0v) is 24.4. The number of aryl methyl sites for hydroxylation is 1. The van der Waals surface area contributed by atoms with Crippen LogP contribution in [0.2, 0.25) is 0 Å². The van der Waals surface area contributed by atoms with Crippen LogP contribution in [-0.4, -0.2) is 54.8 Å². The van der Waals surface area contributed by atoms with E-state index in [1.165, 1.54) is 50.9 Å². The molecule has 1 N–H and O–H groups in total. The first kappa shape index (κ1) is 29.2. The van der Waals surface area contributed by atoms with Gasteiger partial charge in [-0.1, -0.05) is 0 Å². The molecule has 0 atom stereocenters. The molecule has 1 amide bonds. The van der Waals surface area contributed by atoms with E-state index >= 15 is 0 Å². The Morgan fingerprint density at radius 2 is 1.68 bits per heavy atom. The molecule has 0 fully saturated rings. The largest absolute Gasteiger partial charge is 0.494 e. The van der Waals surface area contributed by atoms with E-state index in [0.717, 1.165) is 40.4 Å². The molecule has 1 aliphatic rings. The van der Waals surface area contributed by atoms with Gasteiger partial charge >= 0.3 is 5.97 Å². The van der Waals surface area contributed by atoms with E-state index < -0.39 is 28.4 Å². The molecule has 0 unspecified atom stereocenters. The fourth-order valence-electron chi connectivity index (χ4n) is 4.56. The smallest absolute Gasteiger partial charge is 0.341 e. The Kier molecular flexibility index (Phi) is 9.21. The fraction of sp³-hybridized carbons (Fsp3) is 0.357. The Morgan fingerprint density at radius 1 is 0.975 bits per heavy atom. The number of hydrogen-bond donors (Lipinski definition) is 1. The first-order valence-electron chi connectivity index (χ1n) is 12.7. The molecule has 0 radical (unpaired) electrons. The Hall–Kier alpha value is -3.77. The second kappa shape index (κ2) is 12.6. The molecule has 10 nitrogen and oxygen atoms in total. The van der Waals surface area contributed by atoms with Crippen LogP contribution in [0.1, 0.15) is 40.6 Å². The summed E-state index contributed by atoms with van der Waals surface area (Å²) in [6.45, 7) is 1.74. The van der Waals surface area contributed by atoms with Crippen molar-refractivity contribution in [2.24, 2.45) is 0 Å². The molecule has 214 valence electrons.